The van der Waals surface area contributed by atoms with Crippen molar-refractivity contribution >= 4 is 0 Å². The Hall–Kier alpha value is -0.120. The van der Waals surface area contributed by atoms with E-state index >= 15 is 0 Å². The van der Waals surface area contributed by atoms with Crippen molar-refractivity contribution in [2.45, 2.75) is 52.0 Å². The molecule has 3 heteroatoms. The quantitative estimate of drug-likeness (QED) is 0.773. The summed E-state index contributed by atoms with van der Waals surface area (Å²) in [6.45, 7) is 8.48. The molecule has 1 saturated carbocycles. The molecule has 0 amide bonds. The number of likely N-dealkylation sites (N-methyl/N-ethyl adjacent to an activating group) is 1. The van der Waals surface area contributed by atoms with Crippen molar-refractivity contribution in [1.82, 2.24) is 4.90 Å². The average Bonchev–Trinajstić information content (AvgIpc) is 2.32. The predicted octanol–water partition coefficient (Wildman–Crippen LogP) is 1.84. The Morgan fingerprint density at radius 1 is 1.35 bits per heavy atom. The summed E-state index contributed by atoms with van der Waals surface area (Å²) in [6.07, 6.45) is 5.06. The highest BCUT2D eigenvalue weighted by Gasteiger charge is 2.36. The molecule has 1 fully saturated rings. The normalized spacial score (nSPS) is 30.9. The molecule has 0 aliphatic heterocycles. The number of nitrogens with two attached hydrogens (primary N) is 1. The van der Waals surface area contributed by atoms with Crippen LogP contribution in [0.5, 0.6) is 0 Å². The summed E-state index contributed by atoms with van der Waals surface area (Å²) in [4.78, 5) is 2.27. The van der Waals surface area contributed by atoms with Gasteiger partial charge in [-0.1, -0.05) is 19.8 Å². The molecule has 0 unspecified atom stereocenters. The van der Waals surface area contributed by atoms with E-state index in [1.807, 2.05) is 0 Å². The fraction of sp³-hybridized carbons (Fsp3) is 1.00. The van der Waals surface area contributed by atoms with Crippen LogP contribution >= 0.6 is 0 Å². The van der Waals surface area contributed by atoms with Crippen LogP contribution in [0.25, 0.3) is 0 Å². The van der Waals surface area contributed by atoms with Crippen molar-refractivity contribution in [1.29, 1.82) is 0 Å². The van der Waals surface area contributed by atoms with Gasteiger partial charge in [-0.15, -0.1) is 0 Å². The van der Waals surface area contributed by atoms with Crippen molar-refractivity contribution < 1.29 is 5.11 Å². The van der Waals surface area contributed by atoms with Crippen molar-refractivity contribution in [2.24, 2.45) is 17.1 Å². The topological polar surface area (TPSA) is 49.5 Å². The van der Waals surface area contributed by atoms with E-state index in [0.717, 1.165) is 19.0 Å². The summed E-state index contributed by atoms with van der Waals surface area (Å²) in [5, 5.41) is 9.42. The van der Waals surface area contributed by atoms with Gasteiger partial charge in [-0.25, -0.2) is 0 Å². The lowest BCUT2D eigenvalue weighted by molar-refractivity contribution is 0.0239. The lowest BCUT2D eigenvalue weighted by Crippen LogP contribution is -2.52. The Bertz CT molecular complexity index is 232. The van der Waals surface area contributed by atoms with Crippen LogP contribution in [0.3, 0.4) is 0 Å². The number of nitrogens with zero attached hydrogens (tertiary/aromatic N) is 1. The van der Waals surface area contributed by atoms with E-state index in [0.29, 0.717) is 0 Å². The molecule has 0 radical (unpaired) electrons. The van der Waals surface area contributed by atoms with Crippen LogP contribution < -0.4 is 5.73 Å². The van der Waals surface area contributed by atoms with Crippen molar-refractivity contribution in [3.63, 3.8) is 0 Å². The van der Waals surface area contributed by atoms with Crippen molar-refractivity contribution in [3.05, 3.63) is 0 Å². The molecular formula is C14H30N2O. The van der Waals surface area contributed by atoms with E-state index in [1.165, 1.54) is 25.7 Å². The van der Waals surface area contributed by atoms with Gasteiger partial charge in [0.1, 0.15) is 0 Å². The summed E-state index contributed by atoms with van der Waals surface area (Å²) in [6, 6.07) is 0. The van der Waals surface area contributed by atoms with E-state index in [4.69, 9.17) is 5.73 Å². The van der Waals surface area contributed by atoms with Crippen molar-refractivity contribution in [3.8, 4) is 0 Å². The Kier molecular flexibility index (Phi) is 4.99. The van der Waals surface area contributed by atoms with Gasteiger partial charge in [0, 0.05) is 12.1 Å². The third-order valence-electron chi connectivity index (χ3n) is 4.76. The second-order valence-electron chi connectivity index (χ2n) is 6.71. The molecule has 0 heterocycles. The number of rotatable bonds is 5. The Labute approximate surface area is 106 Å². The smallest absolute Gasteiger partial charge is 0.0609 e. The van der Waals surface area contributed by atoms with E-state index in [1.54, 1.807) is 0 Å². The fourth-order valence-electron chi connectivity index (χ4n) is 2.64. The second kappa shape index (κ2) is 5.68. The summed E-state index contributed by atoms with van der Waals surface area (Å²) < 4.78 is 0. The SMILES string of the molecule is CC1CCC(CN)(CN(C)C(C)(C)CO)CC1. The van der Waals surface area contributed by atoms with Gasteiger partial charge in [-0.2, -0.15) is 0 Å². The monoisotopic (exact) mass is 242 g/mol. The minimum Gasteiger partial charge on any atom is -0.394 e. The molecule has 0 spiro atoms. The Morgan fingerprint density at radius 3 is 2.29 bits per heavy atom. The first-order valence-electron chi connectivity index (χ1n) is 6.87. The molecule has 17 heavy (non-hydrogen) atoms. The molecule has 102 valence electrons. The number of hydrogen-bond acceptors (Lipinski definition) is 3. The molecule has 0 aromatic carbocycles. The van der Waals surface area contributed by atoms with Gasteiger partial charge in [0.15, 0.2) is 0 Å². The molecule has 0 saturated heterocycles. The maximum atomic E-state index is 9.42. The molecular weight excluding hydrogens is 212 g/mol. The van der Waals surface area contributed by atoms with Gasteiger partial charge in [-0.3, -0.25) is 4.90 Å². The van der Waals surface area contributed by atoms with Crippen molar-refractivity contribution in [2.75, 3.05) is 26.7 Å². The molecule has 1 aliphatic rings. The lowest BCUT2D eigenvalue weighted by atomic mass is 9.70. The molecule has 3 N–H and O–H groups in total. The maximum absolute atomic E-state index is 9.42. The summed E-state index contributed by atoms with van der Waals surface area (Å²) >= 11 is 0. The molecule has 3 nitrogen and oxygen atoms in total. The minimum absolute atomic E-state index is 0.148. The minimum atomic E-state index is -0.148. The van der Waals surface area contributed by atoms with Crippen LogP contribution in [0.15, 0.2) is 0 Å². The maximum Gasteiger partial charge on any atom is 0.0609 e. The van der Waals surface area contributed by atoms with E-state index in [2.05, 4.69) is 32.7 Å². The summed E-state index contributed by atoms with van der Waals surface area (Å²) in [7, 11) is 2.10. The molecule has 0 aromatic rings. The third kappa shape index (κ3) is 3.67. The predicted molar refractivity (Wildman–Crippen MR) is 72.9 cm³/mol. The highest BCUT2D eigenvalue weighted by Crippen LogP contribution is 2.39. The fourth-order valence-corrected chi connectivity index (χ4v) is 2.64. The standard InChI is InChI=1S/C14H30N2O/c1-12-5-7-14(9-15,8-6-12)10-16(4)13(2,3)11-17/h12,17H,5-11,15H2,1-4H3. The second-order valence-corrected chi connectivity index (χ2v) is 6.71. The Morgan fingerprint density at radius 2 is 1.88 bits per heavy atom. The zero-order valence-electron chi connectivity index (χ0n) is 12.0. The molecule has 1 rings (SSSR count). The first kappa shape index (κ1) is 14.9. The van der Waals surface area contributed by atoms with Crippen LogP contribution in [0, 0.1) is 11.3 Å². The van der Waals surface area contributed by atoms with Gasteiger partial charge in [0.25, 0.3) is 0 Å². The van der Waals surface area contributed by atoms with Crippen LogP contribution in [-0.4, -0.2) is 42.3 Å². The van der Waals surface area contributed by atoms with Crippen LogP contribution in [0.4, 0.5) is 0 Å². The zero-order chi connectivity index (χ0) is 13.1. The summed E-state index contributed by atoms with van der Waals surface area (Å²) in [5.74, 6) is 0.853. The highest BCUT2D eigenvalue weighted by atomic mass is 16.3. The van der Waals surface area contributed by atoms with Gasteiger partial charge < -0.3 is 10.8 Å². The number of hydrogen-bond donors (Lipinski definition) is 2. The van der Waals surface area contributed by atoms with E-state index < -0.39 is 0 Å². The number of aliphatic hydroxyl groups is 1. The van der Waals surface area contributed by atoms with Gasteiger partial charge in [0.2, 0.25) is 0 Å². The van der Waals surface area contributed by atoms with Crippen LogP contribution in [0.2, 0.25) is 0 Å². The average molecular weight is 242 g/mol. The lowest BCUT2D eigenvalue weighted by Gasteiger charge is -2.45. The van der Waals surface area contributed by atoms with Gasteiger partial charge >= 0.3 is 0 Å². The third-order valence-corrected chi connectivity index (χ3v) is 4.76. The first-order chi connectivity index (χ1) is 7.85. The first-order valence-corrected chi connectivity index (χ1v) is 6.87. The molecule has 0 aromatic heterocycles. The highest BCUT2D eigenvalue weighted by molar-refractivity contribution is 4.91. The van der Waals surface area contributed by atoms with E-state index in [-0.39, 0.29) is 17.6 Å². The zero-order valence-corrected chi connectivity index (χ0v) is 12.0. The molecule has 0 bridgehead atoms. The van der Waals surface area contributed by atoms with Crippen LogP contribution in [-0.2, 0) is 0 Å². The Balaban J connectivity index is 2.63. The molecule has 0 atom stereocenters. The number of aliphatic hydroxyl groups excluding tert-OH is 1. The van der Waals surface area contributed by atoms with E-state index in [9.17, 15) is 5.11 Å². The van der Waals surface area contributed by atoms with Gasteiger partial charge in [0.05, 0.1) is 6.61 Å². The molecule has 1 aliphatic carbocycles. The van der Waals surface area contributed by atoms with Crippen LogP contribution in [0.1, 0.15) is 46.5 Å². The summed E-state index contributed by atoms with van der Waals surface area (Å²) in [5.41, 5.74) is 6.15. The largest absolute Gasteiger partial charge is 0.394 e. The van der Waals surface area contributed by atoms with Gasteiger partial charge in [-0.05, 0) is 51.6 Å².